The molecule has 1 fully saturated rings. The zero-order valence-electron chi connectivity index (χ0n) is 13.7. The predicted molar refractivity (Wildman–Crippen MR) is 87.8 cm³/mol. The third-order valence-electron chi connectivity index (χ3n) is 4.12. The molecule has 0 spiro atoms. The molecule has 2 rings (SSSR count). The van der Waals surface area contributed by atoms with Crippen LogP contribution in [0.1, 0.15) is 27.0 Å². The van der Waals surface area contributed by atoms with Gasteiger partial charge >= 0.3 is 0 Å². The van der Waals surface area contributed by atoms with Crippen LogP contribution in [-0.2, 0) is 10.0 Å². The van der Waals surface area contributed by atoms with Crippen LogP contribution in [0.25, 0.3) is 0 Å². The number of hydrogen-bond acceptors (Lipinski definition) is 4. The van der Waals surface area contributed by atoms with Crippen LogP contribution in [0.2, 0.25) is 0 Å². The summed E-state index contributed by atoms with van der Waals surface area (Å²) in [6.45, 7) is 8.42. The Kier molecular flexibility index (Phi) is 5.04. The fraction of sp³-hybridized carbons (Fsp3) is 0.562. The number of benzene rings is 1. The Hall–Kier alpha value is -1.24. The molecular weight excluding hydrogens is 300 g/mol. The molecule has 1 saturated heterocycles. The van der Waals surface area contributed by atoms with Gasteiger partial charge < -0.3 is 0 Å². The highest BCUT2D eigenvalue weighted by atomic mass is 32.2. The number of rotatable bonds is 4. The van der Waals surface area contributed by atoms with Crippen molar-refractivity contribution in [3.63, 3.8) is 0 Å². The summed E-state index contributed by atoms with van der Waals surface area (Å²) >= 11 is 0. The van der Waals surface area contributed by atoms with Crippen LogP contribution in [0.5, 0.6) is 0 Å². The van der Waals surface area contributed by atoms with Crippen LogP contribution in [0.15, 0.2) is 12.1 Å². The maximum Gasteiger partial charge on any atom is 0.211 e. The summed E-state index contributed by atoms with van der Waals surface area (Å²) < 4.78 is 24.5. The van der Waals surface area contributed by atoms with E-state index in [0.29, 0.717) is 32.7 Å². The summed E-state index contributed by atoms with van der Waals surface area (Å²) in [5.41, 5.74) is 3.99. The fourth-order valence-electron chi connectivity index (χ4n) is 3.12. The van der Waals surface area contributed by atoms with E-state index in [0.717, 1.165) is 22.3 Å². The van der Waals surface area contributed by atoms with Gasteiger partial charge in [0.2, 0.25) is 10.0 Å². The predicted octanol–water partition coefficient (Wildman–Crippen LogP) is 1.37. The minimum atomic E-state index is -3.13. The molecule has 0 unspecified atom stereocenters. The van der Waals surface area contributed by atoms with Gasteiger partial charge in [-0.1, -0.05) is 17.7 Å². The molecule has 122 valence electrons. The minimum absolute atomic E-state index is 0.114. The van der Waals surface area contributed by atoms with Gasteiger partial charge in [-0.2, -0.15) is 4.31 Å². The normalized spacial score (nSPS) is 17.6. The number of piperazine rings is 1. The topological polar surface area (TPSA) is 57.7 Å². The maximum atomic E-state index is 12.6. The van der Waals surface area contributed by atoms with Crippen LogP contribution in [0.4, 0.5) is 0 Å². The average Bonchev–Trinajstić information content (AvgIpc) is 2.36. The largest absolute Gasteiger partial charge is 0.293 e. The average molecular weight is 324 g/mol. The number of carbonyl (C=O) groups is 1. The lowest BCUT2D eigenvalue weighted by molar-refractivity contribution is 0.0901. The first-order valence-corrected chi connectivity index (χ1v) is 9.32. The maximum absolute atomic E-state index is 12.6. The summed E-state index contributed by atoms with van der Waals surface area (Å²) in [6.07, 6.45) is 1.23. The second-order valence-corrected chi connectivity index (χ2v) is 8.12. The van der Waals surface area contributed by atoms with E-state index >= 15 is 0 Å². The van der Waals surface area contributed by atoms with Crippen LogP contribution < -0.4 is 0 Å². The molecule has 0 atom stereocenters. The molecule has 0 amide bonds. The Labute approximate surface area is 133 Å². The number of nitrogens with zero attached hydrogens (tertiary/aromatic N) is 2. The molecule has 6 heteroatoms. The van der Waals surface area contributed by atoms with Crippen LogP contribution in [0.3, 0.4) is 0 Å². The number of Topliss-reactive ketones (excluding diaryl/α,β-unsaturated/α-hetero) is 1. The van der Waals surface area contributed by atoms with Gasteiger partial charge in [-0.25, -0.2) is 8.42 Å². The van der Waals surface area contributed by atoms with E-state index < -0.39 is 10.0 Å². The van der Waals surface area contributed by atoms with Gasteiger partial charge in [0.1, 0.15) is 0 Å². The van der Waals surface area contributed by atoms with Crippen molar-refractivity contribution in [2.45, 2.75) is 20.8 Å². The molecule has 22 heavy (non-hydrogen) atoms. The molecule has 0 bridgehead atoms. The van der Waals surface area contributed by atoms with Crippen molar-refractivity contribution in [1.82, 2.24) is 9.21 Å². The third-order valence-corrected chi connectivity index (χ3v) is 5.43. The smallest absolute Gasteiger partial charge is 0.211 e. The van der Waals surface area contributed by atoms with E-state index in [1.165, 1.54) is 10.6 Å². The molecule has 0 N–H and O–H groups in total. The Morgan fingerprint density at radius 3 is 2.00 bits per heavy atom. The first kappa shape index (κ1) is 17.1. The number of ketones is 1. The molecule has 1 aliphatic heterocycles. The van der Waals surface area contributed by atoms with Crippen LogP contribution >= 0.6 is 0 Å². The number of aryl methyl sites for hydroxylation is 3. The lowest BCUT2D eigenvalue weighted by atomic mass is 9.96. The Morgan fingerprint density at radius 2 is 1.55 bits per heavy atom. The molecule has 0 saturated carbocycles. The molecule has 1 aromatic carbocycles. The molecule has 1 heterocycles. The van der Waals surface area contributed by atoms with E-state index in [-0.39, 0.29) is 5.78 Å². The van der Waals surface area contributed by atoms with Gasteiger partial charge in [-0.05, 0) is 31.9 Å². The first-order valence-electron chi connectivity index (χ1n) is 7.47. The van der Waals surface area contributed by atoms with Gasteiger partial charge in [0.05, 0.1) is 12.8 Å². The summed E-state index contributed by atoms with van der Waals surface area (Å²) in [4.78, 5) is 14.6. The fourth-order valence-corrected chi connectivity index (χ4v) is 3.95. The van der Waals surface area contributed by atoms with Gasteiger partial charge in [0, 0.05) is 31.7 Å². The van der Waals surface area contributed by atoms with Crippen LogP contribution in [0, 0.1) is 20.8 Å². The highest BCUT2D eigenvalue weighted by Gasteiger charge is 2.25. The molecule has 5 nitrogen and oxygen atoms in total. The molecule has 0 aromatic heterocycles. The van der Waals surface area contributed by atoms with Gasteiger partial charge in [0.25, 0.3) is 0 Å². The number of hydrogen-bond donors (Lipinski definition) is 0. The standard InChI is InChI=1S/C16H24N2O3S/c1-12-9-13(2)16(14(3)10-12)15(19)11-17-5-7-18(8-6-17)22(4,20)21/h9-10H,5-8,11H2,1-4H3. The lowest BCUT2D eigenvalue weighted by Gasteiger charge is -2.32. The van der Waals surface area contributed by atoms with Crippen molar-refractivity contribution >= 4 is 15.8 Å². The Morgan fingerprint density at radius 1 is 1.05 bits per heavy atom. The van der Waals surface area contributed by atoms with E-state index in [9.17, 15) is 13.2 Å². The van der Waals surface area contributed by atoms with Crippen molar-refractivity contribution in [3.8, 4) is 0 Å². The highest BCUT2D eigenvalue weighted by Crippen LogP contribution is 2.18. The zero-order chi connectivity index (χ0) is 16.5. The highest BCUT2D eigenvalue weighted by molar-refractivity contribution is 7.88. The second-order valence-electron chi connectivity index (χ2n) is 6.14. The molecular formula is C16H24N2O3S. The van der Waals surface area contributed by atoms with Gasteiger partial charge in [-0.3, -0.25) is 9.69 Å². The van der Waals surface area contributed by atoms with Crippen molar-refractivity contribution in [1.29, 1.82) is 0 Å². The van der Waals surface area contributed by atoms with Crippen molar-refractivity contribution < 1.29 is 13.2 Å². The Bertz CT molecular complexity index is 652. The minimum Gasteiger partial charge on any atom is -0.293 e. The summed E-state index contributed by atoms with van der Waals surface area (Å²) in [7, 11) is -3.13. The van der Waals surface area contributed by atoms with Crippen LogP contribution in [-0.4, -0.2) is 62.4 Å². The quantitative estimate of drug-likeness (QED) is 0.785. The molecule has 0 radical (unpaired) electrons. The third kappa shape index (κ3) is 3.94. The SMILES string of the molecule is Cc1cc(C)c(C(=O)CN2CCN(S(C)(=O)=O)CC2)c(C)c1. The summed E-state index contributed by atoms with van der Waals surface area (Å²) in [6, 6.07) is 4.06. The van der Waals surface area contributed by atoms with Crippen molar-refractivity contribution in [2.24, 2.45) is 0 Å². The van der Waals surface area contributed by atoms with Crippen molar-refractivity contribution in [3.05, 3.63) is 34.4 Å². The lowest BCUT2D eigenvalue weighted by Crippen LogP contribution is -2.49. The summed E-state index contributed by atoms with van der Waals surface area (Å²) in [5.74, 6) is 0.114. The van der Waals surface area contributed by atoms with Gasteiger partial charge in [0.15, 0.2) is 5.78 Å². The van der Waals surface area contributed by atoms with E-state index in [2.05, 4.69) is 0 Å². The Balaban J connectivity index is 2.03. The first-order chi connectivity index (χ1) is 10.2. The zero-order valence-corrected chi connectivity index (χ0v) is 14.5. The number of sulfonamides is 1. The van der Waals surface area contributed by atoms with E-state index in [4.69, 9.17) is 0 Å². The summed E-state index contributed by atoms with van der Waals surface area (Å²) in [5, 5.41) is 0. The molecule has 1 aromatic rings. The van der Waals surface area contributed by atoms with Gasteiger partial charge in [-0.15, -0.1) is 0 Å². The van der Waals surface area contributed by atoms with E-state index in [1.807, 2.05) is 37.8 Å². The second kappa shape index (κ2) is 6.48. The molecule has 0 aliphatic carbocycles. The van der Waals surface area contributed by atoms with E-state index in [1.54, 1.807) is 0 Å². The molecule has 1 aliphatic rings. The monoisotopic (exact) mass is 324 g/mol. The number of carbonyl (C=O) groups excluding carboxylic acids is 1. The van der Waals surface area contributed by atoms with Crippen molar-refractivity contribution in [2.75, 3.05) is 39.0 Å².